The van der Waals surface area contributed by atoms with Crippen molar-refractivity contribution in [3.8, 4) is 11.4 Å². The molecule has 1 amide bonds. The molecule has 0 aliphatic heterocycles. The van der Waals surface area contributed by atoms with E-state index in [1.165, 1.54) is 10.6 Å². The SMILES string of the molecule is Cc1cccc(Cn2cccc(C(=O)NC(c3nc(-c4ccncc4)no3)C(C)C)c2=O)c1. The predicted molar refractivity (Wildman–Crippen MR) is 124 cm³/mol. The number of rotatable bonds is 7. The van der Waals surface area contributed by atoms with Crippen LogP contribution in [0.5, 0.6) is 0 Å². The Labute approximate surface area is 191 Å². The zero-order chi connectivity index (χ0) is 23.4. The normalized spacial score (nSPS) is 12.0. The Morgan fingerprint density at radius 2 is 1.91 bits per heavy atom. The van der Waals surface area contributed by atoms with Crippen LogP contribution in [-0.4, -0.2) is 25.6 Å². The van der Waals surface area contributed by atoms with Gasteiger partial charge in [-0.25, -0.2) is 0 Å². The van der Waals surface area contributed by atoms with Gasteiger partial charge in [0.2, 0.25) is 11.7 Å². The van der Waals surface area contributed by atoms with Crippen molar-refractivity contribution in [3.63, 3.8) is 0 Å². The van der Waals surface area contributed by atoms with Gasteiger partial charge >= 0.3 is 0 Å². The zero-order valence-corrected chi connectivity index (χ0v) is 18.7. The number of carbonyl (C=O) groups excluding carboxylic acids is 1. The Morgan fingerprint density at radius 3 is 2.64 bits per heavy atom. The number of amides is 1. The van der Waals surface area contributed by atoms with Crippen molar-refractivity contribution >= 4 is 5.91 Å². The number of aromatic nitrogens is 4. The Morgan fingerprint density at radius 1 is 1.12 bits per heavy atom. The molecule has 0 aliphatic rings. The van der Waals surface area contributed by atoms with Crippen LogP contribution in [0.15, 0.2) is 76.4 Å². The Balaban J connectivity index is 1.56. The van der Waals surface area contributed by atoms with Gasteiger partial charge in [0.25, 0.3) is 11.5 Å². The van der Waals surface area contributed by atoms with Crippen molar-refractivity contribution in [1.29, 1.82) is 0 Å². The summed E-state index contributed by atoms with van der Waals surface area (Å²) in [5.41, 5.74) is 2.56. The zero-order valence-electron chi connectivity index (χ0n) is 18.7. The summed E-state index contributed by atoms with van der Waals surface area (Å²) in [5, 5.41) is 6.92. The van der Waals surface area contributed by atoms with Gasteiger partial charge in [0.1, 0.15) is 11.6 Å². The van der Waals surface area contributed by atoms with Gasteiger partial charge in [-0.15, -0.1) is 0 Å². The van der Waals surface area contributed by atoms with Gasteiger partial charge in [-0.2, -0.15) is 4.98 Å². The number of carbonyl (C=O) groups is 1. The number of benzene rings is 1. The standard InChI is InChI=1S/C25H25N5O3/c1-16(2)21(24-28-22(29-33-24)19-9-11-26-12-10-19)27-23(31)20-8-5-13-30(25(20)32)15-18-7-4-6-17(3)14-18/h4-14,16,21H,15H2,1-3H3,(H,27,31). The number of hydrogen-bond acceptors (Lipinski definition) is 6. The van der Waals surface area contributed by atoms with Gasteiger partial charge < -0.3 is 14.4 Å². The second-order valence-corrected chi connectivity index (χ2v) is 8.23. The van der Waals surface area contributed by atoms with Crippen molar-refractivity contribution in [3.05, 3.63) is 100 Å². The quantitative estimate of drug-likeness (QED) is 0.466. The molecule has 168 valence electrons. The molecule has 4 aromatic rings. The molecule has 8 nitrogen and oxygen atoms in total. The summed E-state index contributed by atoms with van der Waals surface area (Å²) in [6.07, 6.45) is 4.97. The van der Waals surface area contributed by atoms with Crippen LogP contribution in [0.2, 0.25) is 0 Å². The van der Waals surface area contributed by atoms with Crippen LogP contribution in [0.3, 0.4) is 0 Å². The van der Waals surface area contributed by atoms with Gasteiger partial charge in [-0.1, -0.05) is 48.8 Å². The largest absolute Gasteiger partial charge is 0.340 e. The van der Waals surface area contributed by atoms with Crippen molar-refractivity contribution in [2.75, 3.05) is 0 Å². The Hall–Kier alpha value is -4.07. The molecule has 0 bridgehead atoms. The number of pyridine rings is 2. The molecule has 3 heterocycles. The summed E-state index contributed by atoms with van der Waals surface area (Å²) in [4.78, 5) is 34.5. The van der Waals surface area contributed by atoms with Crippen LogP contribution in [0.4, 0.5) is 0 Å². The highest BCUT2D eigenvalue weighted by Gasteiger charge is 2.26. The molecule has 0 saturated heterocycles. The molecular formula is C25H25N5O3. The van der Waals surface area contributed by atoms with Gasteiger partial charge in [0.05, 0.1) is 6.54 Å². The lowest BCUT2D eigenvalue weighted by atomic mass is 10.0. The number of nitrogens with one attached hydrogen (secondary N) is 1. The lowest BCUT2D eigenvalue weighted by Gasteiger charge is -2.18. The fraction of sp³-hybridized carbons (Fsp3) is 0.240. The Kier molecular flexibility index (Phi) is 6.44. The van der Waals surface area contributed by atoms with E-state index in [9.17, 15) is 9.59 Å². The maximum atomic E-state index is 13.1. The Bertz CT molecular complexity index is 1310. The third kappa shape index (κ3) is 5.06. The number of aryl methyl sites for hydroxylation is 1. The van der Waals surface area contributed by atoms with Crippen LogP contribution in [0, 0.1) is 12.8 Å². The molecule has 1 unspecified atom stereocenters. The highest BCUT2D eigenvalue weighted by Crippen LogP contribution is 2.23. The second-order valence-electron chi connectivity index (χ2n) is 8.23. The molecule has 3 aromatic heterocycles. The van der Waals surface area contributed by atoms with Gasteiger partial charge in [0.15, 0.2) is 0 Å². The van der Waals surface area contributed by atoms with E-state index in [-0.39, 0.29) is 22.9 Å². The minimum Gasteiger partial charge on any atom is -0.340 e. The first-order valence-corrected chi connectivity index (χ1v) is 10.7. The summed E-state index contributed by atoms with van der Waals surface area (Å²) in [5.74, 6) is 0.160. The number of hydrogen-bond donors (Lipinski definition) is 1. The third-order valence-electron chi connectivity index (χ3n) is 5.30. The molecule has 0 aliphatic carbocycles. The summed E-state index contributed by atoms with van der Waals surface area (Å²) in [6, 6.07) is 14.1. The highest BCUT2D eigenvalue weighted by atomic mass is 16.5. The number of nitrogens with zero attached hydrogens (tertiary/aromatic N) is 4. The first kappa shape index (κ1) is 22.1. The lowest BCUT2D eigenvalue weighted by molar-refractivity contribution is 0.0911. The van der Waals surface area contributed by atoms with Crippen LogP contribution in [-0.2, 0) is 6.54 Å². The monoisotopic (exact) mass is 443 g/mol. The molecule has 0 saturated carbocycles. The summed E-state index contributed by atoms with van der Waals surface area (Å²) in [6.45, 7) is 6.25. The molecule has 0 fully saturated rings. The van der Waals surface area contributed by atoms with Crippen LogP contribution in [0.1, 0.15) is 47.3 Å². The summed E-state index contributed by atoms with van der Waals surface area (Å²) >= 11 is 0. The molecule has 0 spiro atoms. The topological polar surface area (TPSA) is 103 Å². The lowest BCUT2D eigenvalue weighted by Crippen LogP contribution is -2.37. The molecule has 1 aromatic carbocycles. The van der Waals surface area contributed by atoms with Crippen molar-refractivity contribution < 1.29 is 9.32 Å². The smallest absolute Gasteiger partial charge is 0.263 e. The fourth-order valence-electron chi connectivity index (χ4n) is 3.55. The fourth-order valence-corrected chi connectivity index (χ4v) is 3.55. The first-order chi connectivity index (χ1) is 15.9. The summed E-state index contributed by atoms with van der Waals surface area (Å²) in [7, 11) is 0. The maximum Gasteiger partial charge on any atom is 0.263 e. The molecule has 1 atom stereocenters. The van der Waals surface area contributed by atoms with E-state index in [1.807, 2.05) is 45.0 Å². The van der Waals surface area contributed by atoms with E-state index in [0.717, 1.165) is 16.7 Å². The molecule has 0 radical (unpaired) electrons. The maximum absolute atomic E-state index is 13.1. The van der Waals surface area contributed by atoms with Crippen LogP contribution >= 0.6 is 0 Å². The summed E-state index contributed by atoms with van der Waals surface area (Å²) < 4.78 is 6.97. The first-order valence-electron chi connectivity index (χ1n) is 10.7. The average molecular weight is 444 g/mol. The van der Waals surface area contributed by atoms with Gasteiger partial charge in [0, 0.05) is 24.2 Å². The minimum atomic E-state index is -0.551. The molecule has 4 rings (SSSR count). The molecular weight excluding hydrogens is 418 g/mol. The molecule has 8 heteroatoms. The average Bonchev–Trinajstić information content (AvgIpc) is 3.29. The van der Waals surface area contributed by atoms with Crippen molar-refractivity contribution in [2.45, 2.75) is 33.4 Å². The van der Waals surface area contributed by atoms with E-state index in [2.05, 4.69) is 20.4 Å². The van der Waals surface area contributed by atoms with E-state index < -0.39 is 11.9 Å². The highest BCUT2D eigenvalue weighted by molar-refractivity contribution is 5.94. The van der Waals surface area contributed by atoms with E-state index >= 15 is 0 Å². The van der Waals surface area contributed by atoms with Crippen LogP contribution < -0.4 is 10.9 Å². The molecule has 1 N–H and O–H groups in total. The third-order valence-corrected chi connectivity index (χ3v) is 5.30. The van der Waals surface area contributed by atoms with Gasteiger partial charge in [-0.3, -0.25) is 14.6 Å². The predicted octanol–water partition coefficient (Wildman–Crippen LogP) is 3.78. The molecule has 33 heavy (non-hydrogen) atoms. The van der Waals surface area contributed by atoms with Crippen molar-refractivity contribution in [2.24, 2.45) is 5.92 Å². The van der Waals surface area contributed by atoms with Crippen molar-refractivity contribution in [1.82, 2.24) is 25.0 Å². The minimum absolute atomic E-state index is 0.0436. The van der Waals surface area contributed by atoms with E-state index in [1.54, 1.807) is 36.8 Å². The van der Waals surface area contributed by atoms with E-state index in [0.29, 0.717) is 12.4 Å². The second kappa shape index (κ2) is 9.60. The van der Waals surface area contributed by atoms with Gasteiger partial charge in [-0.05, 0) is 42.7 Å². The van der Waals surface area contributed by atoms with Crippen LogP contribution in [0.25, 0.3) is 11.4 Å². The van der Waals surface area contributed by atoms with E-state index in [4.69, 9.17) is 4.52 Å².